The van der Waals surface area contributed by atoms with E-state index < -0.39 is 0 Å². The van der Waals surface area contributed by atoms with E-state index in [1.165, 1.54) is 0 Å². The number of rotatable bonds is 5. The van der Waals surface area contributed by atoms with Crippen molar-refractivity contribution in [3.05, 3.63) is 53.9 Å². The molecule has 0 aliphatic heterocycles. The highest BCUT2D eigenvalue weighted by Gasteiger charge is 2.09. The lowest BCUT2D eigenvalue weighted by Crippen LogP contribution is -1.92. The van der Waals surface area contributed by atoms with Crippen LogP contribution >= 0.6 is 0 Å². The van der Waals surface area contributed by atoms with Crippen molar-refractivity contribution >= 4 is 22.7 Å². The SMILES string of the molecule is C#CCOc1ccc(/C=C(/C#N)c2nc3ccc(OC)cc3[nH]2)cc1. The second kappa shape index (κ2) is 7.25. The summed E-state index contributed by atoms with van der Waals surface area (Å²) in [6.07, 6.45) is 6.93. The molecule has 0 bridgehead atoms. The molecule has 0 amide bonds. The van der Waals surface area contributed by atoms with Crippen molar-refractivity contribution in [2.24, 2.45) is 0 Å². The summed E-state index contributed by atoms with van der Waals surface area (Å²) in [6.45, 7) is 0.223. The van der Waals surface area contributed by atoms with Crippen LogP contribution in [0.3, 0.4) is 0 Å². The van der Waals surface area contributed by atoms with E-state index in [9.17, 15) is 5.26 Å². The number of hydrogen-bond donors (Lipinski definition) is 1. The molecule has 0 unspecified atom stereocenters. The molecule has 0 saturated heterocycles. The number of H-pyrrole nitrogens is 1. The number of benzene rings is 2. The van der Waals surface area contributed by atoms with E-state index in [4.69, 9.17) is 15.9 Å². The number of allylic oxidation sites excluding steroid dienone is 1. The summed E-state index contributed by atoms with van der Waals surface area (Å²) < 4.78 is 10.5. The van der Waals surface area contributed by atoms with Crippen molar-refractivity contribution in [2.45, 2.75) is 0 Å². The largest absolute Gasteiger partial charge is 0.497 e. The molecule has 25 heavy (non-hydrogen) atoms. The molecule has 1 heterocycles. The van der Waals surface area contributed by atoms with Gasteiger partial charge in [-0.1, -0.05) is 18.1 Å². The number of nitrogens with zero attached hydrogens (tertiary/aromatic N) is 2. The second-order valence-corrected chi connectivity index (χ2v) is 5.20. The first-order valence-corrected chi connectivity index (χ1v) is 7.55. The smallest absolute Gasteiger partial charge is 0.149 e. The third-order valence-electron chi connectivity index (χ3n) is 3.58. The summed E-state index contributed by atoms with van der Waals surface area (Å²) >= 11 is 0. The third-order valence-corrected chi connectivity index (χ3v) is 3.58. The number of nitriles is 1. The minimum atomic E-state index is 0.223. The molecule has 2 aromatic carbocycles. The van der Waals surface area contributed by atoms with Crippen molar-refractivity contribution in [3.8, 4) is 29.9 Å². The molecule has 0 saturated carbocycles. The van der Waals surface area contributed by atoms with Gasteiger partial charge in [-0.25, -0.2) is 4.98 Å². The van der Waals surface area contributed by atoms with Crippen molar-refractivity contribution in [3.63, 3.8) is 0 Å². The number of aromatic amines is 1. The maximum absolute atomic E-state index is 9.49. The number of terminal acetylenes is 1. The van der Waals surface area contributed by atoms with Gasteiger partial charge in [0, 0.05) is 6.07 Å². The van der Waals surface area contributed by atoms with Gasteiger partial charge in [0.25, 0.3) is 0 Å². The molecule has 0 atom stereocenters. The van der Waals surface area contributed by atoms with E-state index >= 15 is 0 Å². The van der Waals surface area contributed by atoms with E-state index in [1.54, 1.807) is 13.2 Å². The first-order valence-electron chi connectivity index (χ1n) is 7.55. The minimum absolute atomic E-state index is 0.223. The van der Waals surface area contributed by atoms with Crippen LogP contribution in [0.2, 0.25) is 0 Å². The first-order chi connectivity index (χ1) is 12.2. The van der Waals surface area contributed by atoms with E-state index in [-0.39, 0.29) is 6.61 Å². The number of methoxy groups -OCH3 is 1. The summed E-state index contributed by atoms with van der Waals surface area (Å²) in [4.78, 5) is 7.62. The van der Waals surface area contributed by atoms with Gasteiger partial charge in [-0.2, -0.15) is 5.26 Å². The molecular formula is C20H15N3O2. The van der Waals surface area contributed by atoms with Gasteiger partial charge >= 0.3 is 0 Å². The van der Waals surface area contributed by atoms with Gasteiger partial charge in [0.1, 0.15) is 30.0 Å². The Bertz CT molecular complexity index is 1000. The van der Waals surface area contributed by atoms with Gasteiger partial charge in [-0.15, -0.1) is 6.42 Å². The average molecular weight is 329 g/mol. The molecule has 1 aromatic heterocycles. The molecule has 0 fully saturated rings. The van der Waals surface area contributed by atoms with Crippen LogP contribution in [-0.2, 0) is 0 Å². The predicted octanol–water partition coefficient (Wildman–Crippen LogP) is 3.65. The van der Waals surface area contributed by atoms with E-state index in [0.717, 1.165) is 22.3 Å². The molecule has 5 heteroatoms. The number of hydrogen-bond acceptors (Lipinski definition) is 4. The normalized spacial score (nSPS) is 10.9. The number of aromatic nitrogens is 2. The standard InChI is InChI=1S/C20H15N3O2/c1-3-10-25-16-6-4-14(5-7-16)11-15(13-21)20-22-18-9-8-17(24-2)12-19(18)23-20/h1,4-9,11-12H,10H2,2H3,(H,22,23)/b15-11-. The number of imidazole rings is 1. The maximum atomic E-state index is 9.49. The van der Waals surface area contributed by atoms with Gasteiger partial charge < -0.3 is 14.5 Å². The minimum Gasteiger partial charge on any atom is -0.497 e. The lowest BCUT2D eigenvalue weighted by molar-refractivity contribution is 0.370. The van der Waals surface area contributed by atoms with Crippen LogP contribution in [0.25, 0.3) is 22.7 Å². The Kier molecular flexibility index (Phi) is 4.69. The van der Waals surface area contributed by atoms with Crippen LogP contribution in [0.15, 0.2) is 42.5 Å². The summed E-state index contributed by atoms with van der Waals surface area (Å²) in [7, 11) is 1.61. The lowest BCUT2D eigenvalue weighted by Gasteiger charge is -2.02. The molecule has 3 rings (SSSR count). The fourth-order valence-corrected chi connectivity index (χ4v) is 2.35. The monoisotopic (exact) mass is 329 g/mol. The highest BCUT2D eigenvalue weighted by atomic mass is 16.5. The summed E-state index contributed by atoms with van der Waals surface area (Å²) in [5.74, 6) is 4.34. The molecule has 0 radical (unpaired) electrons. The Balaban J connectivity index is 1.90. The van der Waals surface area contributed by atoms with Crippen LogP contribution in [0.5, 0.6) is 11.5 Å². The highest BCUT2D eigenvalue weighted by molar-refractivity contribution is 5.90. The molecular weight excluding hydrogens is 314 g/mol. The van der Waals surface area contributed by atoms with Gasteiger partial charge in [0.15, 0.2) is 0 Å². The molecule has 0 aliphatic carbocycles. The van der Waals surface area contributed by atoms with E-state index in [0.29, 0.717) is 17.1 Å². The van der Waals surface area contributed by atoms with Crippen molar-refractivity contribution in [1.29, 1.82) is 5.26 Å². The average Bonchev–Trinajstić information content (AvgIpc) is 3.08. The Morgan fingerprint density at radius 2 is 2.00 bits per heavy atom. The zero-order valence-electron chi connectivity index (χ0n) is 13.6. The van der Waals surface area contributed by atoms with Crippen LogP contribution < -0.4 is 9.47 Å². The van der Waals surface area contributed by atoms with Gasteiger partial charge in [-0.3, -0.25) is 0 Å². The Morgan fingerprint density at radius 3 is 2.68 bits per heavy atom. The summed E-state index contributed by atoms with van der Waals surface area (Å²) in [5, 5.41) is 9.49. The summed E-state index contributed by atoms with van der Waals surface area (Å²) in [5.41, 5.74) is 2.89. The van der Waals surface area contributed by atoms with Crippen LogP contribution in [0.4, 0.5) is 0 Å². The number of fused-ring (bicyclic) bond motifs is 1. The Hall–Kier alpha value is -3.70. The van der Waals surface area contributed by atoms with Crippen LogP contribution in [0.1, 0.15) is 11.4 Å². The van der Waals surface area contributed by atoms with Crippen molar-refractivity contribution in [1.82, 2.24) is 9.97 Å². The van der Waals surface area contributed by atoms with Crippen molar-refractivity contribution < 1.29 is 9.47 Å². The van der Waals surface area contributed by atoms with E-state index in [2.05, 4.69) is 22.0 Å². The molecule has 3 aromatic rings. The van der Waals surface area contributed by atoms with Crippen LogP contribution in [-0.4, -0.2) is 23.7 Å². The zero-order valence-corrected chi connectivity index (χ0v) is 13.6. The van der Waals surface area contributed by atoms with Gasteiger partial charge in [0.05, 0.1) is 23.7 Å². The quantitative estimate of drug-likeness (QED) is 0.573. The third kappa shape index (κ3) is 3.63. The van der Waals surface area contributed by atoms with E-state index in [1.807, 2.05) is 42.5 Å². The molecule has 0 spiro atoms. The van der Waals surface area contributed by atoms with Crippen LogP contribution in [0, 0.1) is 23.7 Å². The zero-order chi connectivity index (χ0) is 17.6. The molecule has 1 N–H and O–H groups in total. The second-order valence-electron chi connectivity index (χ2n) is 5.20. The summed E-state index contributed by atoms with van der Waals surface area (Å²) in [6, 6.07) is 15.0. The van der Waals surface area contributed by atoms with Gasteiger partial charge in [-0.05, 0) is 35.9 Å². The Morgan fingerprint density at radius 1 is 1.24 bits per heavy atom. The number of nitrogens with one attached hydrogen (secondary N) is 1. The fraction of sp³-hybridized carbons (Fsp3) is 0.100. The topological polar surface area (TPSA) is 70.9 Å². The first kappa shape index (κ1) is 16.2. The lowest BCUT2D eigenvalue weighted by atomic mass is 10.1. The Labute approximate surface area is 145 Å². The number of ether oxygens (including phenoxy) is 2. The van der Waals surface area contributed by atoms with Crippen molar-refractivity contribution in [2.75, 3.05) is 13.7 Å². The fourth-order valence-electron chi connectivity index (χ4n) is 2.35. The molecule has 122 valence electrons. The molecule has 0 aliphatic rings. The molecule has 5 nitrogen and oxygen atoms in total. The highest BCUT2D eigenvalue weighted by Crippen LogP contribution is 2.23. The van der Waals surface area contributed by atoms with Gasteiger partial charge in [0.2, 0.25) is 0 Å². The maximum Gasteiger partial charge on any atom is 0.149 e. The predicted molar refractivity (Wildman–Crippen MR) is 96.9 cm³/mol.